The monoisotopic (exact) mass is 316 g/mol. The van der Waals surface area contributed by atoms with Gasteiger partial charge in [-0.2, -0.15) is 0 Å². The SMILES string of the molecule is CCOc1ccccc1CN[C@@H]1COC[C@H]1Cc1cc(C)no1. The molecule has 5 nitrogen and oxygen atoms in total. The lowest BCUT2D eigenvalue weighted by Crippen LogP contribution is -2.36. The lowest BCUT2D eigenvalue weighted by Gasteiger charge is -2.19. The molecule has 0 aliphatic carbocycles. The molecule has 1 aromatic carbocycles. The second-order valence-electron chi connectivity index (χ2n) is 5.96. The minimum Gasteiger partial charge on any atom is -0.494 e. The second kappa shape index (κ2) is 7.62. The molecule has 2 atom stereocenters. The number of para-hydroxylation sites is 1. The Balaban J connectivity index is 1.58. The summed E-state index contributed by atoms with van der Waals surface area (Å²) in [4.78, 5) is 0. The minimum absolute atomic E-state index is 0.315. The zero-order valence-electron chi connectivity index (χ0n) is 13.7. The Morgan fingerprint density at radius 2 is 2.17 bits per heavy atom. The molecular weight excluding hydrogens is 292 g/mol. The van der Waals surface area contributed by atoms with E-state index in [1.807, 2.05) is 38.1 Å². The maximum Gasteiger partial charge on any atom is 0.137 e. The molecule has 2 aromatic rings. The number of nitrogens with one attached hydrogen (secondary N) is 1. The van der Waals surface area contributed by atoms with E-state index in [-0.39, 0.29) is 0 Å². The Morgan fingerprint density at radius 1 is 1.30 bits per heavy atom. The lowest BCUT2D eigenvalue weighted by atomic mass is 9.98. The van der Waals surface area contributed by atoms with Crippen molar-refractivity contribution in [1.82, 2.24) is 10.5 Å². The molecule has 2 heterocycles. The molecule has 124 valence electrons. The van der Waals surface area contributed by atoms with Crippen molar-refractivity contribution < 1.29 is 14.0 Å². The van der Waals surface area contributed by atoms with Crippen molar-refractivity contribution in [3.8, 4) is 5.75 Å². The van der Waals surface area contributed by atoms with Crippen molar-refractivity contribution in [1.29, 1.82) is 0 Å². The highest BCUT2D eigenvalue weighted by molar-refractivity contribution is 5.33. The van der Waals surface area contributed by atoms with Gasteiger partial charge in [-0.3, -0.25) is 0 Å². The summed E-state index contributed by atoms with van der Waals surface area (Å²) in [7, 11) is 0. The first-order chi connectivity index (χ1) is 11.3. The predicted octanol–water partition coefficient (Wildman–Crippen LogP) is 2.73. The second-order valence-corrected chi connectivity index (χ2v) is 5.96. The average molecular weight is 316 g/mol. The summed E-state index contributed by atoms with van der Waals surface area (Å²) in [5.41, 5.74) is 2.10. The summed E-state index contributed by atoms with van der Waals surface area (Å²) >= 11 is 0. The zero-order valence-corrected chi connectivity index (χ0v) is 13.7. The fourth-order valence-electron chi connectivity index (χ4n) is 2.98. The standard InChI is InChI=1S/C18H24N2O3/c1-3-22-18-7-5-4-6-14(18)10-19-17-12-21-11-15(17)9-16-8-13(2)20-23-16/h4-8,15,17,19H,3,9-12H2,1-2H3/t15-,17-/m1/s1. The van der Waals surface area contributed by atoms with Gasteiger partial charge in [-0.15, -0.1) is 0 Å². The van der Waals surface area contributed by atoms with Gasteiger partial charge in [-0.1, -0.05) is 23.4 Å². The number of benzene rings is 1. The number of hydrogen-bond donors (Lipinski definition) is 1. The number of ether oxygens (including phenoxy) is 2. The maximum atomic E-state index is 5.68. The fraction of sp³-hybridized carbons (Fsp3) is 0.500. The van der Waals surface area contributed by atoms with Crippen LogP contribution in [0.2, 0.25) is 0 Å². The first-order valence-electron chi connectivity index (χ1n) is 8.20. The van der Waals surface area contributed by atoms with Gasteiger partial charge in [0.1, 0.15) is 11.5 Å². The molecule has 1 fully saturated rings. The smallest absolute Gasteiger partial charge is 0.137 e. The van der Waals surface area contributed by atoms with Crippen LogP contribution < -0.4 is 10.1 Å². The topological polar surface area (TPSA) is 56.5 Å². The number of hydrogen-bond acceptors (Lipinski definition) is 5. The van der Waals surface area contributed by atoms with Gasteiger partial charge < -0.3 is 19.3 Å². The van der Waals surface area contributed by atoms with E-state index in [2.05, 4.69) is 16.5 Å². The molecule has 0 unspecified atom stereocenters. The van der Waals surface area contributed by atoms with E-state index in [9.17, 15) is 0 Å². The molecule has 0 saturated carbocycles. The molecule has 1 N–H and O–H groups in total. The van der Waals surface area contributed by atoms with Crippen molar-refractivity contribution >= 4 is 0 Å². The minimum atomic E-state index is 0.315. The predicted molar refractivity (Wildman–Crippen MR) is 87.5 cm³/mol. The number of aryl methyl sites for hydroxylation is 1. The summed E-state index contributed by atoms with van der Waals surface area (Å²) in [6, 6.07) is 10.5. The van der Waals surface area contributed by atoms with Gasteiger partial charge in [0.25, 0.3) is 0 Å². The summed E-state index contributed by atoms with van der Waals surface area (Å²) in [5.74, 6) is 2.28. The molecule has 0 spiro atoms. The van der Waals surface area contributed by atoms with Gasteiger partial charge in [0.2, 0.25) is 0 Å². The van der Waals surface area contributed by atoms with Crippen LogP contribution in [0.4, 0.5) is 0 Å². The van der Waals surface area contributed by atoms with Crippen molar-refractivity contribution in [2.45, 2.75) is 32.9 Å². The van der Waals surface area contributed by atoms with Gasteiger partial charge in [0.15, 0.2) is 0 Å². The molecule has 1 aliphatic rings. The Bertz CT molecular complexity index is 626. The van der Waals surface area contributed by atoms with E-state index < -0.39 is 0 Å². The van der Waals surface area contributed by atoms with Crippen LogP contribution in [0.15, 0.2) is 34.9 Å². The van der Waals surface area contributed by atoms with Crippen LogP contribution in [-0.4, -0.2) is 31.0 Å². The summed E-state index contributed by atoms with van der Waals surface area (Å²) in [6.07, 6.45) is 0.853. The highest BCUT2D eigenvalue weighted by atomic mass is 16.5. The first-order valence-corrected chi connectivity index (χ1v) is 8.20. The average Bonchev–Trinajstić information content (AvgIpc) is 3.16. The van der Waals surface area contributed by atoms with Crippen LogP contribution in [-0.2, 0) is 17.7 Å². The normalized spacial score (nSPS) is 20.8. The van der Waals surface area contributed by atoms with Gasteiger partial charge in [0, 0.05) is 36.6 Å². The van der Waals surface area contributed by atoms with Crippen molar-refractivity contribution in [3.05, 3.63) is 47.3 Å². The van der Waals surface area contributed by atoms with Crippen LogP contribution in [0, 0.1) is 12.8 Å². The molecule has 0 amide bonds. The number of aromatic nitrogens is 1. The fourth-order valence-corrected chi connectivity index (χ4v) is 2.98. The van der Waals surface area contributed by atoms with Crippen molar-refractivity contribution in [2.24, 2.45) is 5.92 Å². The van der Waals surface area contributed by atoms with Gasteiger partial charge in [-0.05, 0) is 19.9 Å². The van der Waals surface area contributed by atoms with E-state index in [1.165, 1.54) is 5.56 Å². The van der Waals surface area contributed by atoms with Gasteiger partial charge in [0.05, 0.1) is 25.5 Å². The zero-order chi connectivity index (χ0) is 16.1. The first kappa shape index (κ1) is 16.0. The largest absolute Gasteiger partial charge is 0.494 e. The Hall–Kier alpha value is -1.85. The molecule has 5 heteroatoms. The van der Waals surface area contributed by atoms with Gasteiger partial charge >= 0.3 is 0 Å². The molecular formula is C18H24N2O3. The van der Waals surface area contributed by atoms with E-state index in [4.69, 9.17) is 14.0 Å². The van der Waals surface area contributed by atoms with E-state index in [1.54, 1.807) is 0 Å². The highest BCUT2D eigenvalue weighted by Crippen LogP contribution is 2.22. The summed E-state index contributed by atoms with van der Waals surface area (Å²) < 4.78 is 16.7. The van der Waals surface area contributed by atoms with Gasteiger partial charge in [-0.25, -0.2) is 0 Å². The Labute approximate surface area is 137 Å². The molecule has 3 rings (SSSR count). The van der Waals surface area contributed by atoms with Crippen molar-refractivity contribution in [2.75, 3.05) is 19.8 Å². The third-order valence-electron chi connectivity index (χ3n) is 4.17. The molecule has 1 saturated heterocycles. The third-order valence-corrected chi connectivity index (χ3v) is 4.17. The highest BCUT2D eigenvalue weighted by Gasteiger charge is 2.29. The lowest BCUT2D eigenvalue weighted by molar-refractivity contribution is 0.181. The van der Waals surface area contributed by atoms with E-state index in [0.29, 0.717) is 18.6 Å². The Kier molecular flexibility index (Phi) is 5.31. The van der Waals surface area contributed by atoms with E-state index >= 15 is 0 Å². The Morgan fingerprint density at radius 3 is 2.96 bits per heavy atom. The van der Waals surface area contributed by atoms with Crippen LogP contribution in [0.25, 0.3) is 0 Å². The molecule has 1 aromatic heterocycles. The van der Waals surface area contributed by atoms with Crippen LogP contribution in [0.1, 0.15) is 23.9 Å². The van der Waals surface area contributed by atoms with E-state index in [0.717, 1.165) is 43.4 Å². The third kappa shape index (κ3) is 4.12. The molecule has 1 aliphatic heterocycles. The van der Waals surface area contributed by atoms with Crippen molar-refractivity contribution in [3.63, 3.8) is 0 Å². The van der Waals surface area contributed by atoms with Crippen LogP contribution in [0.3, 0.4) is 0 Å². The molecule has 0 bridgehead atoms. The maximum absolute atomic E-state index is 5.68. The number of rotatable bonds is 7. The molecule has 0 radical (unpaired) electrons. The summed E-state index contributed by atoms with van der Waals surface area (Å²) in [6.45, 7) is 6.88. The van der Waals surface area contributed by atoms with Crippen LogP contribution in [0.5, 0.6) is 5.75 Å². The quantitative estimate of drug-likeness (QED) is 0.851. The van der Waals surface area contributed by atoms with Crippen LogP contribution >= 0.6 is 0 Å². The molecule has 23 heavy (non-hydrogen) atoms. The summed E-state index contributed by atoms with van der Waals surface area (Å²) in [5, 5.41) is 7.56. The number of nitrogens with zero attached hydrogens (tertiary/aromatic N) is 1.